The molecule has 0 aliphatic carbocycles. The molecule has 0 aromatic rings. The van der Waals surface area contributed by atoms with E-state index >= 15 is 0 Å². The van der Waals surface area contributed by atoms with E-state index in [0.717, 1.165) is 25.9 Å². The predicted molar refractivity (Wildman–Crippen MR) is 86.5 cm³/mol. The summed E-state index contributed by atoms with van der Waals surface area (Å²) in [5, 5.41) is 2.70. The first-order valence-corrected chi connectivity index (χ1v) is 8.23. The summed E-state index contributed by atoms with van der Waals surface area (Å²) in [6, 6.07) is 0. The van der Waals surface area contributed by atoms with Gasteiger partial charge in [-0.25, -0.2) is 4.79 Å². The molecule has 1 aliphatic heterocycles. The molecule has 0 bridgehead atoms. The van der Waals surface area contributed by atoms with Crippen molar-refractivity contribution in [2.24, 2.45) is 5.73 Å². The molecule has 1 fully saturated rings. The Hall–Kier alpha value is -1.30. The summed E-state index contributed by atoms with van der Waals surface area (Å²) >= 11 is 0. The first-order chi connectivity index (χ1) is 10.2. The number of carbonyl (C=O) groups is 2. The second kappa shape index (κ2) is 7.81. The maximum Gasteiger partial charge on any atom is 0.407 e. The molecule has 1 heterocycles. The summed E-state index contributed by atoms with van der Waals surface area (Å²) in [4.78, 5) is 25.7. The summed E-state index contributed by atoms with van der Waals surface area (Å²) in [6.07, 6.45) is 3.61. The Kier molecular flexibility index (Phi) is 6.66. The molecule has 0 aromatic carbocycles. The number of unbranched alkanes of at least 4 members (excludes halogenated alkanes) is 1. The van der Waals surface area contributed by atoms with Crippen LogP contribution in [-0.2, 0) is 9.53 Å². The number of hydrogen-bond donors (Lipinski definition) is 2. The number of likely N-dealkylation sites (tertiary alicyclic amines) is 1. The summed E-state index contributed by atoms with van der Waals surface area (Å²) in [5.41, 5.74) is 4.99. The van der Waals surface area contributed by atoms with Crippen molar-refractivity contribution in [2.45, 2.75) is 70.9 Å². The highest BCUT2D eigenvalue weighted by molar-refractivity contribution is 5.88. The third kappa shape index (κ3) is 5.83. The monoisotopic (exact) mass is 313 g/mol. The molecule has 0 radical (unpaired) electrons. The van der Waals surface area contributed by atoms with E-state index < -0.39 is 17.2 Å². The molecule has 0 spiro atoms. The lowest BCUT2D eigenvalue weighted by Gasteiger charge is -2.24. The van der Waals surface area contributed by atoms with Crippen LogP contribution in [0.25, 0.3) is 0 Å². The van der Waals surface area contributed by atoms with Gasteiger partial charge in [-0.1, -0.05) is 13.3 Å². The molecule has 0 aromatic heterocycles. The fraction of sp³-hybridized carbons (Fsp3) is 0.875. The molecule has 2 amide bonds. The van der Waals surface area contributed by atoms with Gasteiger partial charge in [0.05, 0.1) is 5.54 Å². The molecule has 0 saturated carbocycles. The van der Waals surface area contributed by atoms with Gasteiger partial charge in [0.2, 0.25) is 5.91 Å². The smallest absolute Gasteiger partial charge is 0.407 e. The molecule has 128 valence electrons. The lowest BCUT2D eigenvalue weighted by Crippen LogP contribution is -2.48. The molecule has 1 unspecified atom stereocenters. The highest BCUT2D eigenvalue weighted by Crippen LogP contribution is 2.25. The van der Waals surface area contributed by atoms with E-state index in [2.05, 4.69) is 12.2 Å². The van der Waals surface area contributed by atoms with E-state index in [1.165, 1.54) is 0 Å². The molecule has 1 saturated heterocycles. The maximum atomic E-state index is 12.3. The number of ether oxygens (including phenoxy) is 1. The van der Waals surface area contributed by atoms with Gasteiger partial charge in [0.25, 0.3) is 0 Å². The molecule has 6 nitrogen and oxygen atoms in total. The summed E-state index contributed by atoms with van der Waals surface area (Å²) < 4.78 is 5.16. The minimum absolute atomic E-state index is 0.0539. The highest BCUT2D eigenvalue weighted by Gasteiger charge is 2.42. The van der Waals surface area contributed by atoms with Crippen LogP contribution in [0.4, 0.5) is 4.79 Å². The number of nitrogens with one attached hydrogen (secondary N) is 1. The quantitative estimate of drug-likeness (QED) is 0.704. The Balaban J connectivity index is 2.30. The molecule has 22 heavy (non-hydrogen) atoms. The Bertz CT molecular complexity index is 393. The molecule has 1 rings (SSSR count). The number of hydrogen-bond acceptors (Lipinski definition) is 4. The molecular weight excluding hydrogens is 282 g/mol. The zero-order valence-corrected chi connectivity index (χ0v) is 14.4. The minimum Gasteiger partial charge on any atom is -0.444 e. The second-order valence-electron chi connectivity index (χ2n) is 7.08. The zero-order valence-electron chi connectivity index (χ0n) is 14.4. The van der Waals surface area contributed by atoms with Crippen LogP contribution in [0.5, 0.6) is 0 Å². The van der Waals surface area contributed by atoms with E-state index in [1.807, 2.05) is 25.7 Å². The van der Waals surface area contributed by atoms with E-state index in [1.54, 1.807) is 0 Å². The Morgan fingerprint density at radius 1 is 1.41 bits per heavy atom. The number of rotatable bonds is 7. The second-order valence-corrected chi connectivity index (χ2v) is 7.08. The highest BCUT2D eigenvalue weighted by atomic mass is 16.6. The molecule has 1 aliphatic rings. The SMILES string of the molecule is CCCCN1CCC(N)(CCCNC(=O)OC(C)(C)C)C1=O. The van der Waals surface area contributed by atoms with Crippen LogP contribution in [0.3, 0.4) is 0 Å². The van der Waals surface area contributed by atoms with Gasteiger partial charge >= 0.3 is 6.09 Å². The minimum atomic E-state index is -0.761. The van der Waals surface area contributed by atoms with Crippen molar-refractivity contribution >= 4 is 12.0 Å². The molecule has 3 N–H and O–H groups in total. The van der Waals surface area contributed by atoms with E-state index in [4.69, 9.17) is 10.5 Å². The van der Waals surface area contributed by atoms with Crippen LogP contribution in [0, 0.1) is 0 Å². The van der Waals surface area contributed by atoms with Crippen molar-refractivity contribution in [1.82, 2.24) is 10.2 Å². The third-order valence-corrected chi connectivity index (χ3v) is 3.79. The lowest BCUT2D eigenvalue weighted by molar-refractivity contribution is -0.132. The lowest BCUT2D eigenvalue weighted by atomic mass is 9.93. The zero-order chi connectivity index (χ0) is 16.8. The summed E-state index contributed by atoms with van der Waals surface area (Å²) in [5.74, 6) is 0.0539. The summed E-state index contributed by atoms with van der Waals surface area (Å²) in [6.45, 7) is 9.59. The first kappa shape index (κ1) is 18.7. The number of amides is 2. The van der Waals surface area contributed by atoms with Gasteiger partial charge in [0, 0.05) is 19.6 Å². The third-order valence-electron chi connectivity index (χ3n) is 3.79. The van der Waals surface area contributed by atoms with Gasteiger partial charge in [-0.2, -0.15) is 0 Å². The normalized spacial score (nSPS) is 22.0. The maximum absolute atomic E-state index is 12.3. The Morgan fingerprint density at radius 3 is 2.68 bits per heavy atom. The number of carbonyl (C=O) groups excluding carboxylic acids is 2. The molecular formula is C16H31N3O3. The van der Waals surface area contributed by atoms with Crippen molar-refractivity contribution in [3.05, 3.63) is 0 Å². The van der Waals surface area contributed by atoms with E-state index in [-0.39, 0.29) is 5.91 Å². The van der Waals surface area contributed by atoms with Crippen LogP contribution < -0.4 is 11.1 Å². The Morgan fingerprint density at radius 2 is 2.09 bits per heavy atom. The van der Waals surface area contributed by atoms with Crippen LogP contribution in [-0.4, -0.2) is 47.7 Å². The molecule has 1 atom stereocenters. The first-order valence-electron chi connectivity index (χ1n) is 8.23. The van der Waals surface area contributed by atoms with Crippen molar-refractivity contribution in [1.29, 1.82) is 0 Å². The number of nitrogens with zero attached hydrogens (tertiary/aromatic N) is 1. The van der Waals surface area contributed by atoms with Crippen LogP contribution in [0.2, 0.25) is 0 Å². The van der Waals surface area contributed by atoms with Crippen LogP contribution in [0.15, 0.2) is 0 Å². The van der Waals surface area contributed by atoms with Gasteiger partial charge in [-0.15, -0.1) is 0 Å². The van der Waals surface area contributed by atoms with Gasteiger partial charge in [-0.05, 0) is 46.5 Å². The van der Waals surface area contributed by atoms with Crippen molar-refractivity contribution in [3.8, 4) is 0 Å². The topological polar surface area (TPSA) is 84.7 Å². The number of nitrogens with two attached hydrogens (primary N) is 1. The standard InChI is InChI=1S/C16H31N3O3/c1-5-6-11-19-12-9-16(17,13(19)20)8-7-10-18-14(21)22-15(2,3)4/h5-12,17H2,1-4H3,(H,18,21). The Labute approximate surface area is 133 Å². The van der Waals surface area contributed by atoms with Gasteiger partial charge in [0.15, 0.2) is 0 Å². The van der Waals surface area contributed by atoms with Gasteiger partial charge < -0.3 is 20.7 Å². The average molecular weight is 313 g/mol. The fourth-order valence-electron chi connectivity index (χ4n) is 2.56. The van der Waals surface area contributed by atoms with Crippen molar-refractivity contribution < 1.29 is 14.3 Å². The van der Waals surface area contributed by atoms with Crippen molar-refractivity contribution in [2.75, 3.05) is 19.6 Å². The van der Waals surface area contributed by atoms with Crippen LogP contribution in [0.1, 0.15) is 59.8 Å². The van der Waals surface area contributed by atoms with Crippen LogP contribution >= 0.6 is 0 Å². The fourth-order valence-corrected chi connectivity index (χ4v) is 2.56. The molecule has 6 heteroatoms. The largest absolute Gasteiger partial charge is 0.444 e. The van der Waals surface area contributed by atoms with E-state index in [0.29, 0.717) is 25.8 Å². The van der Waals surface area contributed by atoms with Gasteiger partial charge in [-0.3, -0.25) is 4.79 Å². The average Bonchev–Trinajstić information content (AvgIpc) is 2.68. The van der Waals surface area contributed by atoms with E-state index in [9.17, 15) is 9.59 Å². The predicted octanol–water partition coefficient (Wildman–Crippen LogP) is 2.02. The van der Waals surface area contributed by atoms with Gasteiger partial charge in [0.1, 0.15) is 5.60 Å². The number of alkyl carbamates (subject to hydrolysis) is 1. The summed E-state index contributed by atoms with van der Waals surface area (Å²) in [7, 11) is 0. The van der Waals surface area contributed by atoms with Crippen molar-refractivity contribution in [3.63, 3.8) is 0 Å².